The molecule has 0 radical (unpaired) electrons. The van der Waals surface area contributed by atoms with Crippen LogP contribution < -0.4 is 10.9 Å². The lowest BCUT2D eigenvalue weighted by Gasteiger charge is -2.35. The molecule has 4 bridgehead atoms. The van der Waals surface area contributed by atoms with Gasteiger partial charge in [-0.05, 0) is 72.7 Å². The maximum Gasteiger partial charge on any atom is 0.327 e. The number of anilines is 1. The van der Waals surface area contributed by atoms with Gasteiger partial charge in [0.2, 0.25) is 0 Å². The molecule has 2 atom stereocenters. The predicted octanol–water partition coefficient (Wildman–Crippen LogP) is 2.56. The molecule has 1 N–H and O–H groups in total. The highest BCUT2D eigenvalue weighted by molar-refractivity contribution is 9.10. The van der Waals surface area contributed by atoms with Gasteiger partial charge in [-0.2, -0.15) is 5.10 Å². The van der Waals surface area contributed by atoms with Gasteiger partial charge < -0.3 is 10.1 Å². The van der Waals surface area contributed by atoms with Crippen LogP contribution in [0.25, 0.3) is 0 Å². The first-order valence-electron chi connectivity index (χ1n) is 8.70. The molecule has 1 aromatic rings. The van der Waals surface area contributed by atoms with E-state index in [1.54, 1.807) is 13.1 Å². The molecule has 0 aliphatic heterocycles. The molecule has 4 aliphatic carbocycles. The van der Waals surface area contributed by atoms with Gasteiger partial charge >= 0.3 is 5.97 Å². The number of carbonyl (C=O) groups excluding carboxylic acids is 1. The predicted molar refractivity (Wildman–Crippen MR) is 92.7 cm³/mol. The van der Waals surface area contributed by atoms with Crippen molar-refractivity contribution in [3.8, 4) is 0 Å². The molecule has 1 aromatic heterocycles. The van der Waals surface area contributed by atoms with Crippen LogP contribution in [-0.4, -0.2) is 27.9 Å². The summed E-state index contributed by atoms with van der Waals surface area (Å²) < 4.78 is 6.47. The molecule has 5 rings (SSSR count). The summed E-state index contributed by atoms with van der Waals surface area (Å²) in [6.07, 6.45) is 8.06. The Morgan fingerprint density at radius 1 is 1.42 bits per heavy atom. The Kier molecular flexibility index (Phi) is 3.94. The molecule has 4 aliphatic rings. The van der Waals surface area contributed by atoms with E-state index in [9.17, 15) is 9.59 Å². The highest BCUT2D eigenvalue weighted by Gasteiger charge is 2.57. The molecular weight excluding hydrogens is 374 g/mol. The minimum Gasteiger partial charge on any atom is -0.465 e. The zero-order valence-electron chi connectivity index (χ0n) is 13.8. The van der Waals surface area contributed by atoms with Gasteiger partial charge in [0.15, 0.2) is 0 Å². The van der Waals surface area contributed by atoms with Crippen molar-refractivity contribution in [3.05, 3.63) is 21.0 Å². The molecule has 6 nitrogen and oxygen atoms in total. The zero-order valence-corrected chi connectivity index (χ0v) is 15.3. The summed E-state index contributed by atoms with van der Waals surface area (Å²) in [5.41, 5.74) is 0.577. The van der Waals surface area contributed by atoms with Crippen molar-refractivity contribution >= 4 is 27.6 Å². The number of carbonyl (C=O) groups is 1. The smallest absolute Gasteiger partial charge is 0.327 e. The van der Waals surface area contributed by atoms with Gasteiger partial charge in [-0.15, -0.1) is 0 Å². The molecule has 0 aromatic carbocycles. The van der Waals surface area contributed by atoms with Crippen LogP contribution in [0.2, 0.25) is 0 Å². The third-order valence-corrected chi connectivity index (χ3v) is 6.71. The van der Waals surface area contributed by atoms with Crippen LogP contribution in [0, 0.1) is 17.8 Å². The van der Waals surface area contributed by atoms with Gasteiger partial charge in [0, 0.05) is 5.54 Å². The van der Waals surface area contributed by atoms with Crippen molar-refractivity contribution in [2.45, 2.75) is 51.1 Å². The first-order chi connectivity index (χ1) is 11.5. The second kappa shape index (κ2) is 5.86. The van der Waals surface area contributed by atoms with Gasteiger partial charge in [0.05, 0.1) is 18.5 Å². The van der Waals surface area contributed by atoms with E-state index in [0.29, 0.717) is 11.1 Å². The van der Waals surface area contributed by atoms with E-state index < -0.39 is 5.97 Å². The number of rotatable bonds is 5. The van der Waals surface area contributed by atoms with Crippen molar-refractivity contribution < 1.29 is 9.53 Å². The average Bonchev–Trinajstić information content (AvgIpc) is 2.91. The van der Waals surface area contributed by atoms with Crippen molar-refractivity contribution in [1.82, 2.24) is 9.78 Å². The third-order valence-electron chi connectivity index (χ3n) is 5.94. The summed E-state index contributed by atoms with van der Waals surface area (Å²) in [4.78, 5) is 24.0. The minimum absolute atomic E-state index is 0.136. The Balaban J connectivity index is 1.56. The normalized spacial score (nSPS) is 33.0. The summed E-state index contributed by atoms with van der Waals surface area (Å²) in [7, 11) is 0. The third kappa shape index (κ3) is 2.57. The number of ether oxygens (including phenoxy) is 1. The standard InChI is InChI=1S/C17H22BrN3O3/c1-2-24-14(22)9-21-16(23)15(18)13(8-19-21)20-17-6-10-3-11(7-17)5-12(17)4-10/h8,10-12,20H,2-7,9H2,1H3. The Morgan fingerprint density at radius 3 is 2.79 bits per heavy atom. The summed E-state index contributed by atoms with van der Waals surface area (Å²) in [6.45, 7) is 1.87. The van der Waals surface area contributed by atoms with Crippen molar-refractivity contribution in [2.24, 2.45) is 17.8 Å². The summed E-state index contributed by atoms with van der Waals surface area (Å²) in [5.74, 6) is 1.94. The van der Waals surface area contributed by atoms with E-state index in [-0.39, 0.29) is 17.6 Å². The monoisotopic (exact) mass is 395 g/mol. The second-order valence-electron chi connectivity index (χ2n) is 7.47. The fraction of sp³-hybridized carbons (Fsp3) is 0.706. The first-order valence-corrected chi connectivity index (χ1v) is 9.49. The fourth-order valence-corrected chi connectivity index (χ4v) is 5.67. The van der Waals surface area contributed by atoms with E-state index in [4.69, 9.17) is 4.74 Å². The quantitative estimate of drug-likeness (QED) is 0.775. The van der Waals surface area contributed by atoms with E-state index in [1.165, 1.54) is 32.1 Å². The number of nitrogens with zero attached hydrogens (tertiary/aromatic N) is 2. The molecule has 7 heteroatoms. The Morgan fingerprint density at radius 2 is 2.12 bits per heavy atom. The minimum atomic E-state index is -0.454. The number of aromatic nitrogens is 2. The van der Waals surface area contributed by atoms with Crippen LogP contribution in [0.1, 0.15) is 39.0 Å². The molecular formula is C17H22BrN3O3. The zero-order chi connectivity index (χ0) is 16.9. The van der Waals surface area contributed by atoms with Crippen LogP contribution in [0.3, 0.4) is 0 Å². The lowest BCUT2D eigenvalue weighted by molar-refractivity contribution is -0.144. The fourth-order valence-electron chi connectivity index (χ4n) is 5.26. The maximum atomic E-state index is 12.5. The first kappa shape index (κ1) is 16.1. The molecule has 0 amide bonds. The van der Waals surface area contributed by atoms with Crippen LogP contribution in [-0.2, 0) is 16.1 Å². The number of hydrogen-bond acceptors (Lipinski definition) is 5. The molecule has 4 saturated carbocycles. The van der Waals surface area contributed by atoms with Gasteiger partial charge in [0.1, 0.15) is 11.0 Å². The van der Waals surface area contributed by atoms with Crippen molar-refractivity contribution in [2.75, 3.05) is 11.9 Å². The average molecular weight is 396 g/mol. The molecule has 2 unspecified atom stereocenters. The highest BCUT2D eigenvalue weighted by Crippen LogP contribution is 2.61. The summed E-state index contributed by atoms with van der Waals surface area (Å²) in [5, 5.41) is 7.81. The second-order valence-corrected chi connectivity index (χ2v) is 8.26. The van der Waals surface area contributed by atoms with E-state index >= 15 is 0 Å². The van der Waals surface area contributed by atoms with Gasteiger partial charge in [-0.1, -0.05) is 0 Å². The molecule has 24 heavy (non-hydrogen) atoms. The van der Waals surface area contributed by atoms with Crippen molar-refractivity contribution in [1.29, 1.82) is 0 Å². The number of hydrogen-bond donors (Lipinski definition) is 1. The van der Waals surface area contributed by atoms with Gasteiger partial charge in [0.25, 0.3) is 5.56 Å². The molecule has 4 fully saturated rings. The summed E-state index contributed by atoms with van der Waals surface area (Å²) >= 11 is 3.40. The largest absolute Gasteiger partial charge is 0.465 e. The van der Waals surface area contributed by atoms with Crippen LogP contribution in [0.4, 0.5) is 5.69 Å². The topological polar surface area (TPSA) is 73.2 Å². The van der Waals surface area contributed by atoms with Crippen LogP contribution in [0.15, 0.2) is 15.5 Å². The Hall–Kier alpha value is -1.37. The van der Waals surface area contributed by atoms with Crippen LogP contribution in [0.5, 0.6) is 0 Å². The molecule has 1 heterocycles. The van der Waals surface area contributed by atoms with Crippen molar-refractivity contribution in [3.63, 3.8) is 0 Å². The van der Waals surface area contributed by atoms with Crippen LogP contribution >= 0.6 is 15.9 Å². The molecule has 0 spiro atoms. The Bertz CT molecular complexity index is 718. The SMILES string of the molecule is CCOC(=O)Cn1ncc(NC23CC4CC(CC2C4)C3)c(Br)c1=O. The van der Waals surface area contributed by atoms with E-state index in [1.807, 2.05) is 0 Å². The van der Waals surface area contributed by atoms with Gasteiger partial charge in [-0.25, -0.2) is 4.68 Å². The van der Waals surface area contributed by atoms with E-state index in [0.717, 1.165) is 28.1 Å². The highest BCUT2D eigenvalue weighted by atomic mass is 79.9. The van der Waals surface area contributed by atoms with E-state index in [2.05, 4.69) is 26.3 Å². The summed E-state index contributed by atoms with van der Waals surface area (Å²) in [6, 6.07) is 0. The number of nitrogens with one attached hydrogen (secondary N) is 1. The van der Waals surface area contributed by atoms with Gasteiger partial charge in [-0.3, -0.25) is 9.59 Å². The lowest BCUT2D eigenvalue weighted by atomic mass is 9.80. The lowest BCUT2D eigenvalue weighted by Crippen LogP contribution is -2.40. The molecule has 130 valence electrons. The Labute approximate surface area is 149 Å². The number of halogens is 1. The number of esters is 1. The maximum absolute atomic E-state index is 12.5. The molecule has 0 saturated heterocycles.